The van der Waals surface area contributed by atoms with Gasteiger partial charge in [0.2, 0.25) is 0 Å². The quantitative estimate of drug-likeness (QED) is 0.335. The highest BCUT2D eigenvalue weighted by Crippen LogP contribution is 2.30. The minimum atomic E-state index is 0.766. The Morgan fingerprint density at radius 2 is 2.50 bits per heavy atom. The molecule has 1 heterocycles. The van der Waals surface area contributed by atoms with Gasteiger partial charge in [0.25, 0.3) is 0 Å². The minimum Gasteiger partial charge on any atom is -0.308 e. The summed E-state index contributed by atoms with van der Waals surface area (Å²) in [5.74, 6) is 6.26. The maximum absolute atomic E-state index is 5.44. The zero-order chi connectivity index (χ0) is 9.97. The van der Waals surface area contributed by atoms with E-state index in [9.17, 15) is 0 Å². The topological polar surface area (TPSA) is 50.4 Å². The van der Waals surface area contributed by atoms with Crippen molar-refractivity contribution in [2.45, 2.75) is 26.2 Å². The van der Waals surface area contributed by atoms with Gasteiger partial charge >= 0.3 is 0 Å². The van der Waals surface area contributed by atoms with Gasteiger partial charge in [0, 0.05) is 11.4 Å². The molecule has 0 amide bonds. The van der Waals surface area contributed by atoms with Crippen LogP contribution in [0.25, 0.3) is 0 Å². The van der Waals surface area contributed by atoms with Crippen molar-refractivity contribution in [3.8, 4) is 0 Å². The average molecular weight is 209 g/mol. The molecule has 3 nitrogen and oxygen atoms in total. The summed E-state index contributed by atoms with van der Waals surface area (Å²) in [6.45, 7) is 2.78. The van der Waals surface area contributed by atoms with Crippen molar-refractivity contribution in [3.63, 3.8) is 0 Å². The first-order valence-corrected chi connectivity index (χ1v) is 5.79. The van der Waals surface area contributed by atoms with E-state index in [4.69, 9.17) is 5.84 Å². The Balaban J connectivity index is 2.28. The van der Waals surface area contributed by atoms with Gasteiger partial charge in [-0.2, -0.15) is 0 Å². The van der Waals surface area contributed by atoms with Crippen LogP contribution in [-0.4, -0.2) is 12.4 Å². The van der Waals surface area contributed by atoms with E-state index in [1.807, 2.05) is 18.3 Å². The lowest BCUT2D eigenvalue weighted by Gasteiger charge is -2.01. The number of aliphatic imine (C=N–C) groups is 1. The number of nitrogens with two attached hydrogens (primary N) is 1. The fraction of sp³-hybridized carbons (Fsp3) is 0.500. The first-order valence-electron chi connectivity index (χ1n) is 4.98. The van der Waals surface area contributed by atoms with Gasteiger partial charge in [0.05, 0.1) is 4.88 Å². The summed E-state index contributed by atoms with van der Waals surface area (Å²) >= 11 is 1.82. The second-order valence-electron chi connectivity index (χ2n) is 3.38. The number of hydrogen-bond donors (Lipinski definition) is 2. The molecule has 0 fully saturated rings. The SMILES string of the molecule is CCN=C(NN)c1cc2c(s1)CCC2. The van der Waals surface area contributed by atoms with E-state index in [2.05, 4.69) is 16.5 Å². The molecule has 1 aliphatic rings. The smallest absolute Gasteiger partial charge is 0.152 e. The normalized spacial score (nSPS) is 15.7. The van der Waals surface area contributed by atoms with Crippen molar-refractivity contribution < 1.29 is 0 Å². The van der Waals surface area contributed by atoms with Gasteiger partial charge in [-0.1, -0.05) is 0 Å². The molecule has 0 spiro atoms. The zero-order valence-electron chi connectivity index (χ0n) is 8.34. The van der Waals surface area contributed by atoms with Crippen LogP contribution in [0.2, 0.25) is 0 Å². The lowest BCUT2D eigenvalue weighted by molar-refractivity contribution is 0.914. The number of nitrogens with one attached hydrogen (secondary N) is 1. The number of hydrogen-bond acceptors (Lipinski definition) is 3. The van der Waals surface area contributed by atoms with Crippen LogP contribution in [0.3, 0.4) is 0 Å². The van der Waals surface area contributed by atoms with E-state index in [1.165, 1.54) is 34.6 Å². The van der Waals surface area contributed by atoms with E-state index in [0.29, 0.717) is 0 Å². The Morgan fingerprint density at radius 3 is 3.14 bits per heavy atom. The maximum atomic E-state index is 5.44. The molecule has 1 aromatic rings. The van der Waals surface area contributed by atoms with Crippen LogP contribution in [0.4, 0.5) is 0 Å². The number of thiophene rings is 1. The molecule has 0 bridgehead atoms. The van der Waals surface area contributed by atoms with Crippen molar-refractivity contribution in [2.24, 2.45) is 10.8 Å². The van der Waals surface area contributed by atoms with E-state index in [-0.39, 0.29) is 0 Å². The fourth-order valence-electron chi connectivity index (χ4n) is 1.80. The highest BCUT2D eigenvalue weighted by Gasteiger charge is 2.16. The van der Waals surface area contributed by atoms with Crippen LogP contribution in [-0.2, 0) is 12.8 Å². The summed E-state index contributed by atoms with van der Waals surface area (Å²) in [4.78, 5) is 7.01. The third-order valence-corrected chi connectivity index (χ3v) is 3.68. The van der Waals surface area contributed by atoms with Gasteiger partial charge in [-0.3, -0.25) is 4.99 Å². The van der Waals surface area contributed by atoms with Crippen LogP contribution >= 0.6 is 11.3 Å². The van der Waals surface area contributed by atoms with Crippen LogP contribution < -0.4 is 11.3 Å². The predicted octanol–water partition coefficient (Wildman–Crippen LogP) is 1.47. The Kier molecular flexibility index (Phi) is 2.84. The second-order valence-corrected chi connectivity index (χ2v) is 4.52. The minimum absolute atomic E-state index is 0.766. The monoisotopic (exact) mass is 209 g/mol. The van der Waals surface area contributed by atoms with Crippen molar-refractivity contribution >= 4 is 17.2 Å². The van der Waals surface area contributed by atoms with E-state index >= 15 is 0 Å². The molecule has 0 saturated heterocycles. The summed E-state index contributed by atoms with van der Waals surface area (Å²) in [5, 5.41) is 0. The highest BCUT2D eigenvalue weighted by molar-refractivity contribution is 7.14. The molecule has 14 heavy (non-hydrogen) atoms. The molecule has 1 aromatic heterocycles. The van der Waals surface area contributed by atoms with Crippen molar-refractivity contribution in [3.05, 3.63) is 21.4 Å². The number of amidine groups is 1. The Hall–Kier alpha value is -0.870. The van der Waals surface area contributed by atoms with Crippen molar-refractivity contribution in [1.29, 1.82) is 0 Å². The summed E-state index contributed by atoms with van der Waals surface area (Å²) in [7, 11) is 0. The molecule has 0 radical (unpaired) electrons. The third kappa shape index (κ3) is 1.67. The first kappa shape index (κ1) is 9.68. The van der Waals surface area contributed by atoms with E-state index < -0.39 is 0 Å². The number of fused-ring (bicyclic) bond motifs is 1. The molecule has 2 rings (SSSR count). The zero-order valence-corrected chi connectivity index (χ0v) is 9.16. The molecule has 0 saturated carbocycles. The van der Waals surface area contributed by atoms with Gasteiger partial charge in [-0.25, -0.2) is 5.84 Å². The number of rotatable bonds is 2. The molecule has 0 unspecified atom stereocenters. The molecule has 76 valence electrons. The predicted molar refractivity (Wildman–Crippen MR) is 60.7 cm³/mol. The summed E-state index contributed by atoms with van der Waals surface area (Å²) < 4.78 is 0. The summed E-state index contributed by atoms with van der Waals surface area (Å²) in [6, 6.07) is 2.22. The highest BCUT2D eigenvalue weighted by atomic mass is 32.1. The third-order valence-electron chi connectivity index (χ3n) is 2.43. The molecule has 3 N–H and O–H groups in total. The van der Waals surface area contributed by atoms with Gasteiger partial charge < -0.3 is 5.43 Å². The van der Waals surface area contributed by atoms with Crippen LogP contribution in [0.15, 0.2) is 11.1 Å². The van der Waals surface area contributed by atoms with Crippen LogP contribution in [0.1, 0.15) is 28.7 Å². The van der Waals surface area contributed by atoms with E-state index in [0.717, 1.165) is 12.4 Å². The van der Waals surface area contributed by atoms with Gasteiger partial charge in [0.15, 0.2) is 5.84 Å². The lowest BCUT2D eigenvalue weighted by atomic mass is 10.2. The Labute approximate surface area is 88.0 Å². The first-order chi connectivity index (χ1) is 6.85. The van der Waals surface area contributed by atoms with Gasteiger partial charge in [-0.15, -0.1) is 11.3 Å². The fourth-order valence-corrected chi connectivity index (χ4v) is 3.02. The Morgan fingerprint density at radius 1 is 1.64 bits per heavy atom. The van der Waals surface area contributed by atoms with Crippen molar-refractivity contribution in [1.82, 2.24) is 5.43 Å². The number of aryl methyl sites for hydroxylation is 2. The molecule has 0 aromatic carbocycles. The molecular formula is C10H15N3S. The van der Waals surface area contributed by atoms with Gasteiger partial charge in [-0.05, 0) is 37.8 Å². The van der Waals surface area contributed by atoms with Crippen LogP contribution in [0.5, 0.6) is 0 Å². The molecule has 0 atom stereocenters. The van der Waals surface area contributed by atoms with Crippen LogP contribution in [0, 0.1) is 0 Å². The van der Waals surface area contributed by atoms with Gasteiger partial charge in [0.1, 0.15) is 0 Å². The number of hydrazine groups is 1. The van der Waals surface area contributed by atoms with Crippen molar-refractivity contribution in [2.75, 3.05) is 6.54 Å². The van der Waals surface area contributed by atoms with E-state index in [1.54, 1.807) is 0 Å². The standard InChI is InChI=1S/C10H15N3S/c1-2-12-10(13-11)9-6-7-4-3-5-8(7)14-9/h6H,2-5,11H2,1H3,(H,12,13). The molecule has 1 aliphatic carbocycles. The molecular weight excluding hydrogens is 194 g/mol. The molecule has 4 heteroatoms. The maximum Gasteiger partial charge on any atom is 0.152 e. The summed E-state index contributed by atoms with van der Waals surface area (Å²) in [6.07, 6.45) is 3.75. The largest absolute Gasteiger partial charge is 0.308 e. The summed E-state index contributed by atoms with van der Waals surface area (Å²) in [5.41, 5.74) is 4.16. The molecule has 0 aliphatic heterocycles. The number of nitrogens with zero attached hydrogens (tertiary/aromatic N) is 1. The Bertz CT molecular complexity index is 333. The average Bonchev–Trinajstić information content (AvgIpc) is 2.73. The second kappa shape index (κ2) is 4.11. The lowest BCUT2D eigenvalue weighted by Crippen LogP contribution is -2.30.